The molecule has 24 heavy (non-hydrogen) atoms. The van der Waals surface area contributed by atoms with Crippen molar-refractivity contribution in [3.05, 3.63) is 48.3 Å². The Morgan fingerprint density at radius 1 is 1.29 bits per heavy atom. The van der Waals surface area contributed by atoms with Gasteiger partial charge in [-0.1, -0.05) is 12.1 Å². The van der Waals surface area contributed by atoms with Crippen LogP contribution in [-0.4, -0.2) is 40.5 Å². The van der Waals surface area contributed by atoms with Crippen LogP contribution >= 0.6 is 24.0 Å². The molecule has 0 spiro atoms. The first-order valence-corrected chi connectivity index (χ1v) is 8.05. The summed E-state index contributed by atoms with van der Waals surface area (Å²) in [6.45, 7) is 5.28. The summed E-state index contributed by atoms with van der Waals surface area (Å²) in [6.07, 6.45) is 5.54. The van der Waals surface area contributed by atoms with Crippen LogP contribution in [0.25, 0.3) is 0 Å². The molecule has 0 aliphatic heterocycles. The van der Waals surface area contributed by atoms with Crippen molar-refractivity contribution in [2.24, 2.45) is 4.99 Å². The molecule has 0 unspecified atom stereocenters. The Kier molecular flexibility index (Phi) is 9.90. The quantitative estimate of drug-likeness (QED) is 0.254. The molecule has 0 bridgehead atoms. The van der Waals surface area contributed by atoms with Gasteiger partial charge in [0.25, 0.3) is 0 Å². The highest BCUT2D eigenvalue weighted by molar-refractivity contribution is 14.0. The van der Waals surface area contributed by atoms with Crippen molar-refractivity contribution in [2.45, 2.75) is 26.3 Å². The van der Waals surface area contributed by atoms with Gasteiger partial charge in [0.1, 0.15) is 5.75 Å². The minimum Gasteiger partial charge on any atom is -0.508 e. The van der Waals surface area contributed by atoms with Crippen LogP contribution in [0.15, 0.2) is 47.7 Å². The lowest BCUT2D eigenvalue weighted by atomic mass is 10.1. The van der Waals surface area contributed by atoms with Gasteiger partial charge in [0.2, 0.25) is 0 Å². The van der Waals surface area contributed by atoms with Gasteiger partial charge in [0, 0.05) is 38.6 Å². The number of halogens is 1. The summed E-state index contributed by atoms with van der Waals surface area (Å²) in [4.78, 5) is 4.57. The average Bonchev–Trinajstić information content (AvgIpc) is 3.05. The summed E-state index contributed by atoms with van der Waals surface area (Å²) in [7, 11) is 0. The lowest BCUT2D eigenvalue weighted by molar-refractivity contribution is 0.474. The number of phenolic OH excluding ortho intramolecular Hbond substituents is 1. The Morgan fingerprint density at radius 3 is 2.88 bits per heavy atom. The van der Waals surface area contributed by atoms with E-state index >= 15 is 0 Å². The van der Waals surface area contributed by atoms with E-state index in [1.54, 1.807) is 18.3 Å². The van der Waals surface area contributed by atoms with Crippen molar-refractivity contribution in [3.63, 3.8) is 0 Å². The van der Waals surface area contributed by atoms with Crippen LogP contribution in [0.1, 0.15) is 18.9 Å². The van der Waals surface area contributed by atoms with Crippen LogP contribution < -0.4 is 10.6 Å². The molecular weight excluding hydrogens is 417 g/mol. The van der Waals surface area contributed by atoms with E-state index in [9.17, 15) is 5.11 Å². The fourth-order valence-corrected chi connectivity index (χ4v) is 2.24. The predicted molar refractivity (Wildman–Crippen MR) is 108 cm³/mol. The third kappa shape index (κ3) is 7.67. The molecule has 7 heteroatoms. The van der Waals surface area contributed by atoms with Crippen LogP contribution in [0.5, 0.6) is 5.75 Å². The molecule has 0 aliphatic rings. The Balaban J connectivity index is 0.00000288. The number of nitrogens with one attached hydrogen (secondary N) is 2. The second-order valence-electron chi connectivity index (χ2n) is 5.23. The van der Waals surface area contributed by atoms with Gasteiger partial charge in [-0.25, -0.2) is 0 Å². The minimum absolute atomic E-state index is 0. The normalized spacial score (nSPS) is 11.0. The second-order valence-corrected chi connectivity index (χ2v) is 5.23. The number of aryl methyl sites for hydroxylation is 1. The summed E-state index contributed by atoms with van der Waals surface area (Å²) in [5.41, 5.74) is 1.10. The van der Waals surface area contributed by atoms with Crippen molar-refractivity contribution >= 4 is 29.9 Å². The number of hydrogen-bond donors (Lipinski definition) is 3. The Labute approximate surface area is 160 Å². The third-order valence-corrected chi connectivity index (χ3v) is 3.34. The zero-order valence-electron chi connectivity index (χ0n) is 14.0. The maximum atomic E-state index is 9.46. The summed E-state index contributed by atoms with van der Waals surface area (Å²) < 4.78 is 1.91. The first-order valence-electron chi connectivity index (χ1n) is 8.05. The molecule has 0 atom stereocenters. The van der Waals surface area contributed by atoms with Crippen molar-refractivity contribution in [1.82, 2.24) is 20.4 Å². The molecule has 0 radical (unpaired) electrons. The Morgan fingerprint density at radius 2 is 2.17 bits per heavy atom. The predicted octanol–water partition coefficient (Wildman–Crippen LogP) is 2.39. The van der Waals surface area contributed by atoms with Crippen LogP contribution in [0, 0.1) is 0 Å². The van der Waals surface area contributed by atoms with Crippen molar-refractivity contribution in [3.8, 4) is 5.75 Å². The summed E-state index contributed by atoms with van der Waals surface area (Å²) in [6, 6.07) is 9.27. The number of aliphatic imine (C=N–C) groups is 1. The first-order chi connectivity index (χ1) is 11.3. The SMILES string of the molecule is CCNC(=NCCCn1cccn1)NCCc1cccc(O)c1.I. The summed E-state index contributed by atoms with van der Waals surface area (Å²) in [5, 5.41) is 20.2. The second kappa shape index (κ2) is 11.7. The van der Waals surface area contributed by atoms with E-state index in [1.165, 1.54) is 0 Å². The number of nitrogens with zero attached hydrogens (tertiary/aromatic N) is 3. The summed E-state index contributed by atoms with van der Waals surface area (Å²) >= 11 is 0. The van der Waals surface area contributed by atoms with E-state index < -0.39 is 0 Å². The number of aromatic hydroxyl groups is 1. The Hall–Kier alpha value is -1.77. The van der Waals surface area contributed by atoms with Gasteiger partial charge in [0.15, 0.2) is 5.96 Å². The average molecular weight is 443 g/mol. The fraction of sp³-hybridized carbons (Fsp3) is 0.412. The molecule has 0 saturated carbocycles. The zero-order chi connectivity index (χ0) is 16.3. The lowest BCUT2D eigenvalue weighted by Crippen LogP contribution is -2.38. The van der Waals surface area contributed by atoms with Gasteiger partial charge in [-0.2, -0.15) is 5.10 Å². The smallest absolute Gasteiger partial charge is 0.191 e. The number of aromatic nitrogens is 2. The van der Waals surface area contributed by atoms with Crippen LogP contribution in [-0.2, 0) is 13.0 Å². The molecule has 0 aliphatic carbocycles. The maximum absolute atomic E-state index is 9.46. The molecule has 1 heterocycles. The van der Waals surface area contributed by atoms with E-state index in [2.05, 4.69) is 27.6 Å². The molecule has 0 saturated heterocycles. The molecule has 0 fully saturated rings. The molecule has 2 aromatic rings. The molecular formula is C17H26IN5O. The monoisotopic (exact) mass is 443 g/mol. The van der Waals surface area contributed by atoms with E-state index in [4.69, 9.17) is 0 Å². The van der Waals surface area contributed by atoms with E-state index in [0.29, 0.717) is 5.75 Å². The van der Waals surface area contributed by atoms with E-state index in [0.717, 1.165) is 50.5 Å². The first kappa shape index (κ1) is 20.3. The van der Waals surface area contributed by atoms with Gasteiger partial charge in [-0.3, -0.25) is 9.67 Å². The van der Waals surface area contributed by atoms with E-state index in [-0.39, 0.29) is 24.0 Å². The summed E-state index contributed by atoms with van der Waals surface area (Å²) in [5.74, 6) is 1.13. The highest BCUT2D eigenvalue weighted by Gasteiger charge is 1.99. The van der Waals surface area contributed by atoms with E-state index in [1.807, 2.05) is 29.1 Å². The molecule has 132 valence electrons. The molecule has 3 N–H and O–H groups in total. The Bertz CT molecular complexity index is 601. The highest BCUT2D eigenvalue weighted by Crippen LogP contribution is 2.10. The zero-order valence-corrected chi connectivity index (χ0v) is 16.3. The minimum atomic E-state index is 0. The number of guanidine groups is 1. The van der Waals surface area contributed by atoms with Crippen LogP contribution in [0.4, 0.5) is 0 Å². The van der Waals surface area contributed by atoms with Gasteiger partial charge >= 0.3 is 0 Å². The van der Waals surface area contributed by atoms with Crippen LogP contribution in [0.3, 0.4) is 0 Å². The maximum Gasteiger partial charge on any atom is 0.191 e. The molecule has 0 amide bonds. The van der Waals surface area contributed by atoms with Gasteiger partial charge in [-0.15, -0.1) is 24.0 Å². The number of benzene rings is 1. The van der Waals surface area contributed by atoms with Gasteiger partial charge in [0.05, 0.1) is 0 Å². The number of hydrogen-bond acceptors (Lipinski definition) is 3. The van der Waals surface area contributed by atoms with Crippen molar-refractivity contribution in [2.75, 3.05) is 19.6 Å². The van der Waals surface area contributed by atoms with Crippen molar-refractivity contribution < 1.29 is 5.11 Å². The molecule has 6 nitrogen and oxygen atoms in total. The number of rotatable bonds is 8. The van der Waals surface area contributed by atoms with Gasteiger partial charge in [-0.05, 0) is 43.5 Å². The molecule has 1 aromatic heterocycles. The highest BCUT2D eigenvalue weighted by atomic mass is 127. The fourth-order valence-electron chi connectivity index (χ4n) is 2.24. The standard InChI is InChI=1S/C17H25N5O.HI/c1-2-18-17(19-9-4-12-22-13-5-10-21-22)20-11-8-15-6-3-7-16(23)14-15;/h3,5-7,10,13-14,23H,2,4,8-9,11-12H2,1H3,(H2,18,19,20);1H. The molecule has 1 aromatic carbocycles. The van der Waals surface area contributed by atoms with Gasteiger partial charge < -0.3 is 15.7 Å². The van der Waals surface area contributed by atoms with Crippen molar-refractivity contribution in [1.29, 1.82) is 0 Å². The third-order valence-electron chi connectivity index (χ3n) is 3.34. The van der Waals surface area contributed by atoms with Crippen LogP contribution in [0.2, 0.25) is 0 Å². The lowest BCUT2D eigenvalue weighted by Gasteiger charge is -2.11. The topological polar surface area (TPSA) is 74.5 Å². The molecule has 2 rings (SSSR count). The number of phenols is 1. The largest absolute Gasteiger partial charge is 0.508 e.